The SMILES string of the molecule is CC(Cc1cccs1)NC1c2ccccc2OC1(C)C. The minimum absolute atomic E-state index is 0.201. The third-order valence-electron chi connectivity index (χ3n) is 3.84. The Labute approximate surface area is 124 Å². The molecule has 2 heterocycles. The molecule has 1 aliphatic heterocycles. The molecule has 1 N–H and O–H groups in total. The lowest BCUT2D eigenvalue weighted by atomic mass is 9.93. The Bertz CT molecular complexity index is 576. The minimum atomic E-state index is -0.201. The number of nitrogens with one attached hydrogen (secondary N) is 1. The van der Waals surface area contributed by atoms with Crippen molar-refractivity contribution in [3.63, 3.8) is 0 Å². The van der Waals surface area contributed by atoms with Gasteiger partial charge in [-0.3, -0.25) is 0 Å². The fourth-order valence-corrected chi connectivity index (χ4v) is 3.73. The van der Waals surface area contributed by atoms with E-state index in [2.05, 4.69) is 61.8 Å². The molecule has 3 rings (SSSR count). The van der Waals surface area contributed by atoms with Crippen LogP contribution in [0.2, 0.25) is 0 Å². The van der Waals surface area contributed by atoms with E-state index >= 15 is 0 Å². The van der Waals surface area contributed by atoms with Crippen molar-refractivity contribution >= 4 is 11.3 Å². The van der Waals surface area contributed by atoms with E-state index in [0.29, 0.717) is 6.04 Å². The van der Waals surface area contributed by atoms with Crippen LogP contribution >= 0.6 is 11.3 Å². The molecule has 0 saturated carbocycles. The first-order valence-electron chi connectivity index (χ1n) is 7.12. The summed E-state index contributed by atoms with van der Waals surface area (Å²) in [6.07, 6.45) is 1.06. The molecule has 0 aliphatic carbocycles. The number of hydrogen-bond acceptors (Lipinski definition) is 3. The Kier molecular flexibility index (Phi) is 3.57. The number of fused-ring (bicyclic) bond motifs is 1. The van der Waals surface area contributed by atoms with E-state index in [1.807, 2.05) is 17.4 Å². The smallest absolute Gasteiger partial charge is 0.125 e. The van der Waals surface area contributed by atoms with Crippen molar-refractivity contribution in [3.8, 4) is 5.75 Å². The molecule has 2 atom stereocenters. The van der Waals surface area contributed by atoms with Gasteiger partial charge >= 0.3 is 0 Å². The first-order valence-corrected chi connectivity index (χ1v) is 8.00. The maximum atomic E-state index is 6.08. The molecule has 106 valence electrons. The van der Waals surface area contributed by atoms with Gasteiger partial charge in [-0.25, -0.2) is 0 Å². The third-order valence-corrected chi connectivity index (χ3v) is 4.74. The lowest BCUT2D eigenvalue weighted by Gasteiger charge is -2.30. The van der Waals surface area contributed by atoms with Gasteiger partial charge in [-0.05, 0) is 44.7 Å². The number of rotatable bonds is 4. The van der Waals surface area contributed by atoms with Crippen LogP contribution < -0.4 is 10.1 Å². The summed E-state index contributed by atoms with van der Waals surface area (Å²) < 4.78 is 6.08. The van der Waals surface area contributed by atoms with Crippen molar-refractivity contribution in [2.75, 3.05) is 0 Å². The van der Waals surface area contributed by atoms with Crippen LogP contribution in [0.3, 0.4) is 0 Å². The van der Waals surface area contributed by atoms with Gasteiger partial charge in [-0.15, -0.1) is 11.3 Å². The summed E-state index contributed by atoms with van der Waals surface area (Å²) in [4.78, 5) is 1.43. The summed E-state index contributed by atoms with van der Waals surface area (Å²) in [7, 11) is 0. The normalized spacial score (nSPS) is 21.2. The highest BCUT2D eigenvalue weighted by Gasteiger charge is 2.41. The molecule has 0 saturated heterocycles. The second-order valence-electron chi connectivity index (χ2n) is 6.03. The number of thiophene rings is 1. The highest BCUT2D eigenvalue weighted by Crippen LogP contribution is 2.42. The summed E-state index contributed by atoms with van der Waals surface area (Å²) in [5.41, 5.74) is 1.07. The molecule has 0 spiro atoms. The Morgan fingerprint density at radius 2 is 2.05 bits per heavy atom. The predicted molar refractivity (Wildman–Crippen MR) is 84.5 cm³/mol. The molecule has 1 aliphatic rings. The number of benzene rings is 1. The Hall–Kier alpha value is -1.32. The molecule has 2 nitrogen and oxygen atoms in total. The standard InChI is InChI=1S/C17H21NOS/c1-12(11-13-7-6-10-20-13)18-16-14-8-4-5-9-15(14)19-17(16,2)3/h4-10,12,16,18H,11H2,1-3H3. The van der Waals surface area contributed by atoms with Gasteiger partial charge in [0.05, 0.1) is 6.04 Å². The van der Waals surface area contributed by atoms with Crippen LogP contribution in [-0.4, -0.2) is 11.6 Å². The number of hydrogen-bond donors (Lipinski definition) is 1. The third kappa shape index (κ3) is 2.60. The van der Waals surface area contributed by atoms with Gasteiger partial charge in [0, 0.05) is 16.5 Å². The van der Waals surface area contributed by atoms with E-state index in [1.54, 1.807) is 0 Å². The zero-order valence-corrected chi connectivity index (χ0v) is 13.0. The highest BCUT2D eigenvalue weighted by atomic mass is 32.1. The average Bonchev–Trinajstić information content (AvgIpc) is 2.97. The second kappa shape index (κ2) is 5.23. The first-order chi connectivity index (χ1) is 9.56. The molecule has 0 radical (unpaired) electrons. The first kappa shape index (κ1) is 13.7. The van der Waals surface area contributed by atoms with Gasteiger partial charge in [0.1, 0.15) is 11.4 Å². The predicted octanol–water partition coefficient (Wildman–Crippen LogP) is 4.18. The summed E-state index contributed by atoms with van der Waals surface area (Å²) in [6, 6.07) is 13.3. The lowest BCUT2D eigenvalue weighted by Crippen LogP contribution is -2.43. The van der Waals surface area contributed by atoms with E-state index in [9.17, 15) is 0 Å². The van der Waals surface area contributed by atoms with Crippen LogP contribution in [0.5, 0.6) is 5.75 Å². The topological polar surface area (TPSA) is 21.3 Å². The van der Waals surface area contributed by atoms with Crippen LogP contribution in [0.25, 0.3) is 0 Å². The number of para-hydroxylation sites is 1. The second-order valence-corrected chi connectivity index (χ2v) is 7.06. The average molecular weight is 287 g/mol. The quantitative estimate of drug-likeness (QED) is 0.911. The van der Waals surface area contributed by atoms with Gasteiger partial charge in [-0.1, -0.05) is 24.3 Å². The Morgan fingerprint density at radius 3 is 2.80 bits per heavy atom. The van der Waals surface area contributed by atoms with Crippen LogP contribution in [0, 0.1) is 0 Å². The van der Waals surface area contributed by atoms with E-state index in [0.717, 1.165) is 12.2 Å². The van der Waals surface area contributed by atoms with E-state index < -0.39 is 0 Å². The zero-order chi connectivity index (χ0) is 14.2. The summed E-state index contributed by atoms with van der Waals surface area (Å²) >= 11 is 1.82. The molecule has 2 aromatic rings. The highest BCUT2D eigenvalue weighted by molar-refractivity contribution is 7.09. The summed E-state index contributed by atoms with van der Waals surface area (Å²) in [5, 5.41) is 5.88. The van der Waals surface area contributed by atoms with Gasteiger partial charge in [0.15, 0.2) is 0 Å². The van der Waals surface area contributed by atoms with Crippen LogP contribution in [-0.2, 0) is 6.42 Å². The van der Waals surface area contributed by atoms with Crippen molar-refractivity contribution in [1.82, 2.24) is 5.32 Å². The zero-order valence-electron chi connectivity index (χ0n) is 12.2. The van der Waals surface area contributed by atoms with E-state index in [1.165, 1.54) is 10.4 Å². The molecule has 0 fully saturated rings. The van der Waals surface area contributed by atoms with Crippen molar-refractivity contribution in [1.29, 1.82) is 0 Å². The Morgan fingerprint density at radius 1 is 1.25 bits per heavy atom. The molecule has 20 heavy (non-hydrogen) atoms. The minimum Gasteiger partial charge on any atom is -0.486 e. The maximum absolute atomic E-state index is 6.08. The van der Waals surface area contributed by atoms with Gasteiger partial charge < -0.3 is 10.1 Å². The monoisotopic (exact) mass is 287 g/mol. The molecule has 0 amide bonds. The van der Waals surface area contributed by atoms with Crippen molar-refractivity contribution in [2.45, 2.75) is 44.9 Å². The number of ether oxygens (including phenoxy) is 1. The lowest BCUT2D eigenvalue weighted by molar-refractivity contribution is 0.0919. The van der Waals surface area contributed by atoms with Gasteiger partial charge in [-0.2, -0.15) is 0 Å². The fourth-order valence-electron chi connectivity index (χ4n) is 2.89. The molecule has 3 heteroatoms. The molecular weight excluding hydrogens is 266 g/mol. The van der Waals surface area contributed by atoms with E-state index in [-0.39, 0.29) is 11.6 Å². The van der Waals surface area contributed by atoms with Gasteiger partial charge in [0.25, 0.3) is 0 Å². The van der Waals surface area contributed by atoms with Crippen LogP contribution in [0.1, 0.15) is 37.3 Å². The maximum Gasteiger partial charge on any atom is 0.125 e. The Balaban J connectivity index is 1.75. The summed E-state index contributed by atoms with van der Waals surface area (Å²) in [5.74, 6) is 1.01. The molecule has 0 bridgehead atoms. The largest absolute Gasteiger partial charge is 0.486 e. The fraction of sp³-hybridized carbons (Fsp3) is 0.412. The molecule has 1 aromatic heterocycles. The molecule has 1 aromatic carbocycles. The van der Waals surface area contributed by atoms with Gasteiger partial charge in [0.2, 0.25) is 0 Å². The van der Waals surface area contributed by atoms with E-state index in [4.69, 9.17) is 4.74 Å². The van der Waals surface area contributed by atoms with Crippen LogP contribution in [0.4, 0.5) is 0 Å². The van der Waals surface area contributed by atoms with Crippen LogP contribution in [0.15, 0.2) is 41.8 Å². The van der Waals surface area contributed by atoms with Crippen molar-refractivity contribution in [3.05, 3.63) is 52.2 Å². The molecule has 2 unspecified atom stereocenters. The summed E-state index contributed by atoms with van der Waals surface area (Å²) in [6.45, 7) is 6.56. The van der Waals surface area contributed by atoms with Crippen molar-refractivity contribution < 1.29 is 4.74 Å². The van der Waals surface area contributed by atoms with Crippen molar-refractivity contribution in [2.24, 2.45) is 0 Å². The molecular formula is C17H21NOS.